The van der Waals surface area contributed by atoms with Crippen LogP contribution >= 0.6 is 0 Å². The zero-order valence-corrected chi connectivity index (χ0v) is 17.3. The van der Waals surface area contributed by atoms with Gasteiger partial charge in [-0.2, -0.15) is 0 Å². The highest BCUT2D eigenvalue weighted by atomic mass is 19.1. The van der Waals surface area contributed by atoms with Gasteiger partial charge in [0.2, 0.25) is 5.91 Å². The minimum absolute atomic E-state index is 0.00148. The monoisotopic (exact) mass is 400 g/mol. The first-order valence-electron chi connectivity index (χ1n) is 10.0. The van der Waals surface area contributed by atoms with Gasteiger partial charge in [0.25, 0.3) is 0 Å². The smallest absolute Gasteiger partial charge is 0.241 e. The number of aliphatic hydroxyl groups is 1. The molecule has 0 unspecified atom stereocenters. The Kier molecular flexibility index (Phi) is 6.55. The van der Waals surface area contributed by atoms with E-state index in [0.29, 0.717) is 31.8 Å². The topological polar surface area (TPSA) is 53.0 Å². The summed E-state index contributed by atoms with van der Waals surface area (Å²) >= 11 is 0. The molecule has 1 amide bonds. The van der Waals surface area contributed by atoms with E-state index in [1.54, 1.807) is 24.0 Å². The summed E-state index contributed by atoms with van der Waals surface area (Å²) in [6.45, 7) is 7.39. The van der Waals surface area contributed by atoms with Crippen LogP contribution in [0.5, 0.6) is 5.75 Å². The van der Waals surface area contributed by atoms with Gasteiger partial charge >= 0.3 is 0 Å². The van der Waals surface area contributed by atoms with E-state index < -0.39 is 11.7 Å². The Balaban J connectivity index is 1.62. The van der Waals surface area contributed by atoms with Crippen LogP contribution in [0.3, 0.4) is 0 Å². The number of β-amino-alcohol motifs (C(OH)–C–C–N with tert-alkyl or cyclic N) is 1. The summed E-state index contributed by atoms with van der Waals surface area (Å²) < 4.78 is 19.2. The van der Waals surface area contributed by atoms with Gasteiger partial charge in [-0.1, -0.05) is 18.2 Å². The van der Waals surface area contributed by atoms with Crippen molar-refractivity contribution in [2.45, 2.75) is 38.9 Å². The van der Waals surface area contributed by atoms with Crippen molar-refractivity contribution < 1.29 is 19.0 Å². The quantitative estimate of drug-likeness (QED) is 0.808. The molecule has 0 aromatic heterocycles. The van der Waals surface area contributed by atoms with Crippen molar-refractivity contribution in [2.24, 2.45) is 0 Å². The maximum absolute atomic E-state index is 13.4. The van der Waals surface area contributed by atoms with Gasteiger partial charge in [0.05, 0.1) is 6.54 Å². The molecule has 2 aromatic rings. The van der Waals surface area contributed by atoms with E-state index in [4.69, 9.17) is 4.74 Å². The number of likely N-dealkylation sites (tertiary alicyclic amines) is 1. The molecule has 0 bridgehead atoms. The highest BCUT2D eigenvalue weighted by Crippen LogP contribution is 2.27. The van der Waals surface area contributed by atoms with Crippen molar-refractivity contribution in [2.75, 3.05) is 31.1 Å². The number of nitrogens with zero attached hydrogens (tertiary/aromatic N) is 2. The van der Waals surface area contributed by atoms with Gasteiger partial charge in [-0.15, -0.1) is 0 Å². The molecular formula is C23H29FN2O3. The lowest BCUT2D eigenvalue weighted by Crippen LogP contribution is -2.58. The molecule has 29 heavy (non-hydrogen) atoms. The second-order valence-electron chi connectivity index (χ2n) is 7.90. The SMILES string of the molecule is CCN(C(=O)CN1CC[C@H](Oc2cccc(F)c2)[C@@](C)(O)C1)c1cccc(C)c1. The van der Waals surface area contributed by atoms with Crippen molar-refractivity contribution in [1.82, 2.24) is 4.90 Å². The normalized spacial score (nSPS) is 22.3. The molecule has 2 aromatic carbocycles. The minimum atomic E-state index is -1.15. The molecule has 0 saturated carbocycles. The number of piperidine rings is 1. The molecule has 5 nitrogen and oxygen atoms in total. The predicted molar refractivity (Wildman–Crippen MR) is 112 cm³/mol. The molecule has 1 aliphatic heterocycles. The lowest BCUT2D eigenvalue weighted by atomic mass is 9.91. The second kappa shape index (κ2) is 8.93. The summed E-state index contributed by atoms with van der Waals surface area (Å²) in [7, 11) is 0. The zero-order chi connectivity index (χ0) is 21.0. The highest BCUT2D eigenvalue weighted by Gasteiger charge is 2.40. The van der Waals surface area contributed by atoms with E-state index in [0.717, 1.165) is 11.3 Å². The van der Waals surface area contributed by atoms with Crippen LogP contribution in [0.25, 0.3) is 0 Å². The van der Waals surface area contributed by atoms with E-state index in [9.17, 15) is 14.3 Å². The molecule has 1 aliphatic rings. The number of likely N-dealkylation sites (N-methyl/N-ethyl adjacent to an activating group) is 1. The summed E-state index contributed by atoms with van der Waals surface area (Å²) in [5.41, 5.74) is 0.839. The average molecular weight is 400 g/mol. The molecule has 0 spiro atoms. The number of hydrogen-bond acceptors (Lipinski definition) is 4. The third-order valence-electron chi connectivity index (χ3n) is 5.31. The number of hydrogen-bond donors (Lipinski definition) is 1. The van der Waals surface area contributed by atoms with Gasteiger partial charge < -0.3 is 14.7 Å². The molecular weight excluding hydrogens is 371 g/mol. The predicted octanol–water partition coefficient (Wildman–Crippen LogP) is 3.39. The van der Waals surface area contributed by atoms with E-state index in [2.05, 4.69) is 0 Å². The Hall–Kier alpha value is -2.44. The molecule has 1 heterocycles. The third kappa shape index (κ3) is 5.34. The fraction of sp³-hybridized carbons (Fsp3) is 0.435. The summed E-state index contributed by atoms with van der Waals surface area (Å²) in [6, 6.07) is 13.8. The van der Waals surface area contributed by atoms with Crippen molar-refractivity contribution in [3.8, 4) is 5.75 Å². The van der Waals surface area contributed by atoms with Crippen molar-refractivity contribution in [3.05, 3.63) is 59.9 Å². The largest absolute Gasteiger partial charge is 0.487 e. The number of carbonyl (C=O) groups is 1. The Morgan fingerprint density at radius 2 is 2.07 bits per heavy atom. The molecule has 0 aliphatic carbocycles. The average Bonchev–Trinajstić information content (AvgIpc) is 2.64. The fourth-order valence-electron chi connectivity index (χ4n) is 3.85. The number of amides is 1. The highest BCUT2D eigenvalue weighted by molar-refractivity contribution is 5.94. The first-order valence-corrected chi connectivity index (χ1v) is 10.0. The minimum Gasteiger partial charge on any atom is -0.487 e. The molecule has 0 radical (unpaired) electrons. The molecule has 6 heteroatoms. The number of benzene rings is 2. The number of aryl methyl sites for hydroxylation is 1. The summed E-state index contributed by atoms with van der Waals surface area (Å²) in [6.07, 6.45) is 0.0857. The fourth-order valence-corrected chi connectivity index (χ4v) is 3.85. The first-order chi connectivity index (χ1) is 13.8. The number of carbonyl (C=O) groups excluding carboxylic acids is 1. The summed E-state index contributed by atoms with van der Waals surface area (Å²) in [4.78, 5) is 16.6. The summed E-state index contributed by atoms with van der Waals surface area (Å²) in [5.74, 6) is 0.0239. The standard InChI is InChI=1S/C23H29FN2O3/c1-4-26(19-9-5-7-17(2)13-19)22(27)15-25-12-11-21(23(3,28)16-25)29-20-10-6-8-18(24)14-20/h5-10,13-14,21,28H,4,11-12,15-16H2,1-3H3/t21-,23-/m0/s1. The van der Waals surface area contributed by atoms with Crippen LogP contribution in [0.2, 0.25) is 0 Å². The van der Waals surface area contributed by atoms with Crippen molar-refractivity contribution in [3.63, 3.8) is 0 Å². The maximum Gasteiger partial charge on any atom is 0.241 e. The Morgan fingerprint density at radius 1 is 1.31 bits per heavy atom. The van der Waals surface area contributed by atoms with Crippen molar-refractivity contribution in [1.29, 1.82) is 0 Å². The lowest BCUT2D eigenvalue weighted by Gasteiger charge is -2.42. The van der Waals surface area contributed by atoms with Crippen LogP contribution in [0.4, 0.5) is 10.1 Å². The van der Waals surface area contributed by atoms with E-state index in [1.165, 1.54) is 12.1 Å². The van der Waals surface area contributed by atoms with E-state index >= 15 is 0 Å². The lowest BCUT2D eigenvalue weighted by molar-refractivity contribution is -0.125. The van der Waals surface area contributed by atoms with Crippen LogP contribution in [0.1, 0.15) is 25.8 Å². The van der Waals surface area contributed by atoms with Gasteiger partial charge in [0.1, 0.15) is 23.3 Å². The molecule has 1 fully saturated rings. The molecule has 156 valence electrons. The van der Waals surface area contributed by atoms with Gasteiger partial charge in [-0.25, -0.2) is 4.39 Å². The van der Waals surface area contributed by atoms with Gasteiger partial charge in [0.15, 0.2) is 0 Å². The summed E-state index contributed by atoms with van der Waals surface area (Å²) in [5, 5.41) is 10.9. The third-order valence-corrected chi connectivity index (χ3v) is 5.31. The number of ether oxygens (including phenoxy) is 1. The van der Waals surface area contributed by atoms with Gasteiger partial charge in [-0.05, 0) is 57.0 Å². The maximum atomic E-state index is 13.4. The van der Waals surface area contributed by atoms with Crippen LogP contribution in [0.15, 0.2) is 48.5 Å². The Morgan fingerprint density at radius 3 is 2.72 bits per heavy atom. The van der Waals surface area contributed by atoms with Crippen LogP contribution < -0.4 is 9.64 Å². The Labute approximate surface area is 171 Å². The number of halogens is 1. The Bertz CT molecular complexity index is 856. The van der Waals surface area contributed by atoms with Crippen molar-refractivity contribution >= 4 is 11.6 Å². The van der Waals surface area contributed by atoms with Gasteiger partial charge in [-0.3, -0.25) is 9.69 Å². The zero-order valence-electron chi connectivity index (χ0n) is 17.3. The van der Waals surface area contributed by atoms with Gasteiger partial charge in [0, 0.05) is 31.4 Å². The first kappa shape index (κ1) is 21.3. The van der Waals surface area contributed by atoms with Crippen LogP contribution in [0, 0.1) is 12.7 Å². The molecule has 1 saturated heterocycles. The van der Waals surface area contributed by atoms with E-state index in [-0.39, 0.29) is 18.3 Å². The number of anilines is 1. The van der Waals surface area contributed by atoms with Crippen LogP contribution in [-0.2, 0) is 4.79 Å². The van der Waals surface area contributed by atoms with Crippen LogP contribution in [-0.4, -0.2) is 53.8 Å². The molecule has 2 atom stereocenters. The molecule has 1 N–H and O–H groups in total. The number of rotatable bonds is 6. The van der Waals surface area contributed by atoms with E-state index in [1.807, 2.05) is 43.0 Å². The molecule has 3 rings (SSSR count). The second-order valence-corrected chi connectivity index (χ2v) is 7.90.